The van der Waals surface area contributed by atoms with Crippen molar-refractivity contribution in [2.24, 2.45) is 5.92 Å². The molecule has 2 rings (SSSR count). The van der Waals surface area contributed by atoms with Gasteiger partial charge in [-0.25, -0.2) is 0 Å². The van der Waals surface area contributed by atoms with Crippen LogP contribution in [0.1, 0.15) is 23.7 Å². The van der Waals surface area contributed by atoms with Crippen molar-refractivity contribution in [2.45, 2.75) is 19.4 Å². The number of likely N-dealkylation sites (tertiary alicyclic amines) is 1. The van der Waals surface area contributed by atoms with E-state index in [1.54, 1.807) is 24.5 Å². The van der Waals surface area contributed by atoms with Crippen molar-refractivity contribution in [3.8, 4) is 0 Å². The fourth-order valence-corrected chi connectivity index (χ4v) is 2.44. The summed E-state index contributed by atoms with van der Waals surface area (Å²) in [5.41, 5.74) is 0.732. The van der Waals surface area contributed by atoms with Crippen molar-refractivity contribution in [1.29, 1.82) is 0 Å². The number of carbonyl (C=O) groups excluding carboxylic acids is 1. The van der Waals surface area contributed by atoms with Gasteiger partial charge < -0.3 is 10.2 Å². The standard InChI is InChI=1S/C13H19N3O/c1-10-9-16(8-5-12(10)14-2)13(17)11-3-6-15-7-4-11/h3-4,6-7,10,12,14H,5,8-9H2,1-2H3. The van der Waals surface area contributed by atoms with E-state index in [1.807, 2.05) is 11.9 Å². The number of hydrogen-bond acceptors (Lipinski definition) is 3. The molecule has 1 N–H and O–H groups in total. The summed E-state index contributed by atoms with van der Waals surface area (Å²) in [5, 5.41) is 3.30. The van der Waals surface area contributed by atoms with Crippen LogP contribution in [0.4, 0.5) is 0 Å². The monoisotopic (exact) mass is 233 g/mol. The molecular formula is C13H19N3O. The number of piperidine rings is 1. The van der Waals surface area contributed by atoms with E-state index in [4.69, 9.17) is 0 Å². The van der Waals surface area contributed by atoms with Crippen LogP contribution in [0.5, 0.6) is 0 Å². The summed E-state index contributed by atoms with van der Waals surface area (Å²) >= 11 is 0. The molecule has 4 heteroatoms. The Morgan fingerprint density at radius 3 is 2.76 bits per heavy atom. The highest BCUT2D eigenvalue weighted by Crippen LogP contribution is 2.18. The van der Waals surface area contributed by atoms with E-state index in [2.05, 4.69) is 17.2 Å². The topological polar surface area (TPSA) is 45.2 Å². The van der Waals surface area contributed by atoms with Gasteiger partial charge in [-0.2, -0.15) is 0 Å². The fourth-order valence-electron chi connectivity index (χ4n) is 2.44. The quantitative estimate of drug-likeness (QED) is 0.833. The molecule has 0 aromatic carbocycles. The minimum absolute atomic E-state index is 0.119. The van der Waals surface area contributed by atoms with E-state index in [0.29, 0.717) is 12.0 Å². The van der Waals surface area contributed by atoms with Crippen LogP contribution in [0.15, 0.2) is 24.5 Å². The predicted molar refractivity (Wildman–Crippen MR) is 66.8 cm³/mol. The number of amides is 1. The molecule has 1 amide bonds. The average molecular weight is 233 g/mol. The maximum Gasteiger partial charge on any atom is 0.253 e. The van der Waals surface area contributed by atoms with E-state index < -0.39 is 0 Å². The number of nitrogens with zero attached hydrogens (tertiary/aromatic N) is 2. The zero-order chi connectivity index (χ0) is 12.3. The summed E-state index contributed by atoms with van der Waals surface area (Å²) in [6.45, 7) is 3.84. The summed E-state index contributed by atoms with van der Waals surface area (Å²) in [6, 6.07) is 4.07. The van der Waals surface area contributed by atoms with Gasteiger partial charge in [0.1, 0.15) is 0 Å². The number of rotatable bonds is 2. The molecule has 0 aliphatic carbocycles. The van der Waals surface area contributed by atoms with Gasteiger partial charge in [0.2, 0.25) is 0 Å². The Labute approximate surface area is 102 Å². The molecule has 2 unspecified atom stereocenters. The molecule has 1 fully saturated rings. The Balaban J connectivity index is 2.03. The third kappa shape index (κ3) is 2.64. The molecule has 1 aromatic rings. The first-order valence-electron chi connectivity index (χ1n) is 6.09. The lowest BCUT2D eigenvalue weighted by Crippen LogP contribution is -2.49. The van der Waals surface area contributed by atoms with Crippen LogP contribution < -0.4 is 5.32 Å². The van der Waals surface area contributed by atoms with Gasteiger partial charge in [-0.1, -0.05) is 6.92 Å². The van der Waals surface area contributed by atoms with E-state index >= 15 is 0 Å². The molecule has 4 nitrogen and oxygen atoms in total. The van der Waals surface area contributed by atoms with Crippen molar-refractivity contribution < 1.29 is 4.79 Å². The van der Waals surface area contributed by atoms with Crippen LogP contribution in [0, 0.1) is 5.92 Å². The predicted octanol–water partition coefficient (Wildman–Crippen LogP) is 1.15. The number of carbonyl (C=O) groups is 1. The van der Waals surface area contributed by atoms with Gasteiger partial charge in [0.15, 0.2) is 0 Å². The molecular weight excluding hydrogens is 214 g/mol. The first-order valence-corrected chi connectivity index (χ1v) is 6.09. The second-order valence-electron chi connectivity index (χ2n) is 4.65. The molecule has 1 saturated heterocycles. The van der Waals surface area contributed by atoms with Gasteiger partial charge in [-0.15, -0.1) is 0 Å². The summed E-state index contributed by atoms with van der Waals surface area (Å²) in [6.07, 6.45) is 4.35. The van der Waals surface area contributed by atoms with Crippen LogP contribution in [0.2, 0.25) is 0 Å². The van der Waals surface area contributed by atoms with Gasteiger partial charge in [-0.05, 0) is 31.5 Å². The van der Waals surface area contributed by atoms with Crippen LogP contribution in [-0.2, 0) is 0 Å². The Bertz CT molecular complexity index is 380. The molecule has 2 heterocycles. The fraction of sp³-hybridized carbons (Fsp3) is 0.538. The normalized spacial score (nSPS) is 24.7. The third-order valence-electron chi connectivity index (χ3n) is 3.49. The Kier molecular flexibility index (Phi) is 3.74. The van der Waals surface area contributed by atoms with Gasteiger partial charge in [0.25, 0.3) is 5.91 Å². The summed E-state index contributed by atoms with van der Waals surface area (Å²) in [5.74, 6) is 0.619. The summed E-state index contributed by atoms with van der Waals surface area (Å²) < 4.78 is 0. The summed E-state index contributed by atoms with van der Waals surface area (Å²) in [7, 11) is 1.99. The lowest BCUT2D eigenvalue weighted by atomic mass is 9.93. The lowest BCUT2D eigenvalue weighted by Gasteiger charge is -2.36. The molecule has 17 heavy (non-hydrogen) atoms. The van der Waals surface area contributed by atoms with Crippen molar-refractivity contribution >= 4 is 5.91 Å². The van der Waals surface area contributed by atoms with E-state index in [9.17, 15) is 4.79 Å². The molecule has 0 bridgehead atoms. The number of aromatic nitrogens is 1. The molecule has 0 radical (unpaired) electrons. The smallest absolute Gasteiger partial charge is 0.253 e. The van der Waals surface area contributed by atoms with Crippen LogP contribution in [0.25, 0.3) is 0 Å². The highest BCUT2D eigenvalue weighted by molar-refractivity contribution is 5.94. The maximum absolute atomic E-state index is 12.2. The van der Waals surface area contributed by atoms with Gasteiger partial charge in [0.05, 0.1) is 0 Å². The molecule has 92 valence electrons. The van der Waals surface area contributed by atoms with E-state index in [-0.39, 0.29) is 5.91 Å². The molecule has 1 aromatic heterocycles. The average Bonchev–Trinajstić information content (AvgIpc) is 2.39. The van der Waals surface area contributed by atoms with Crippen LogP contribution in [0.3, 0.4) is 0 Å². The second-order valence-corrected chi connectivity index (χ2v) is 4.65. The molecule has 0 spiro atoms. The number of hydrogen-bond donors (Lipinski definition) is 1. The first-order chi connectivity index (χ1) is 8.22. The zero-order valence-electron chi connectivity index (χ0n) is 10.4. The molecule has 2 atom stereocenters. The van der Waals surface area contributed by atoms with Crippen molar-refractivity contribution in [3.63, 3.8) is 0 Å². The lowest BCUT2D eigenvalue weighted by molar-refractivity contribution is 0.0649. The molecule has 1 aliphatic rings. The van der Waals surface area contributed by atoms with Gasteiger partial charge in [0, 0.05) is 37.1 Å². The largest absolute Gasteiger partial charge is 0.338 e. The Morgan fingerprint density at radius 2 is 2.18 bits per heavy atom. The third-order valence-corrected chi connectivity index (χ3v) is 3.49. The second kappa shape index (κ2) is 5.27. The van der Waals surface area contributed by atoms with Crippen LogP contribution >= 0.6 is 0 Å². The minimum Gasteiger partial charge on any atom is -0.338 e. The SMILES string of the molecule is CNC1CCN(C(=O)c2ccncc2)CC1C. The molecule has 1 aliphatic heterocycles. The number of nitrogens with one attached hydrogen (secondary N) is 1. The van der Waals surface area contributed by atoms with Crippen LogP contribution in [-0.4, -0.2) is 42.0 Å². The number of pyridine rings is 1. The highest BCUT2D eigenvalue weighted by atomic mass is 16.2. The van der Waals surface area contributed by atoms with Gasteiger partial charge in [-0.3, -0.25) is 9.78 Å². The van der Waals surface area contributed by atoms with Crippen molar-refractivity contribution in [2.75, 3.05) is 20.1 Å². The van der Waals surface area contributed by atoms with E-state index in [1.165, 1.54) is 0 Å². The Morgan fingerprint density at radius 1 is 1.47 bits per heavy atom. The zero-order valence-corrected chi connectivity index (χ0v) is 10.4. The van der Waals surface area contributed by atoms with Gasteiger partial charge >= 0.3 is 0 Å². The minimum atomic E-state index is 0.119. The maximum atomic E-state index is 12.2. The summed E-state index contributed by atoms with van der Waals surface area (Å²) in [4.78, 5) is 18.1. The Hall–Kier alpha value is -1.42. The molecule has 0 saturated carbocycles. The van der Waals surface area contributed by atoms with E-state index in [0.717, 1.165) is 25.1 Å². The van der Waals surface area contributed by atoms with Crippen molar-refractivity contribution in [1.82, 2.24) is 15.2 Å². The highest BCUT2D eigenvalue weighted by Gasteiger charge is 2.27. The first kappa shape index (κ1) is 12.0. The van der Waals surface area contributed by atoms with Crippen molar-refractivity contribution in [3.05, 3.63) is 30.1 Å².